The van der Waals surface area contributed by atoms with E-state index in [1.54, 1.807) is 24.3 Å². The lowest BCUT2D eigenvalue weighted by Gasteiger charge is -2.28. The molecule has 156 valence electrons. The molecule has 1 aliphatic rings. The first-order chi connectivity index (χ1) is 14.6. The van der Waals surface area contributed by atoms with Gasteiger partial charge in [0.2, 0.25) is 0 Å². The molecule has 4 rings (SSSR count). The number of rotatable bonds is 5. The number of carbonyl (C=O) groups excluding carboxylic acids is 1. The van der Waals surface area contributed by atoms with Crippen LogP contribution >= 0.6 is 23.6 Å². The molecule has 2 N–H and O–H groups in total. The van der Waals surface area contributed by atoms with E-state index < -0.39 is 0 Å². The number of amides is 1. The minimum absolute atomic E-state index is 0.210. The Hall–Kier alpha value is -2.75. The summed E-state index contributed by atoms with van der Waals surface area (Å²) in [5.41, 5.74) is 2.55. The standard InChI is InChI=1S/C21H22N4O3S2/c1-2-28-16-6-3-14(4-7-16)19(26)23-20(29)24-21-22-17-8-5-15(13-18(17)30-21)25-9-11-27-12-10-25/h3-8,13H,2,9-12H2,1H3,(H2,22,23,24,26,29). The number of aromatic nitrogens is 1. The van der Waals surface area contributed by atoms with Gasteiger partial charge in [-0.2, -0.15) is 0 Å². The number of nitrogens with zero attached hydrogens (tertiary/aromatic N) is 2. The highest BCUT2D eigenvalue weighted by Crippen LogP contribution is 2.30. The molecular formula is C21H22N4O3S2. The quantitative estimate of drug-likeness (QED) is 0.584. The Kier molecular flexibility index (Phi) is 6.41. The number of thiocarbonyl (C=S) groups is 1. The molecule has 1 saturated heterocycles. The van der Waals surface area contributed by atoms with Crippen LogP contribution < -0.4 is 20.3 Å². The van der Waals surface area contributed by atoms with Gasteiger partial charge in [0, 0.05) is 24.3 Å². The van der Waals surface area contributed by atoms with Crippen LogP contribution in [0.5, 0.6) is 5.75 Å². The SMILES string of the molecule is CCOc1ccc(C(=O)NC(=S)Nc2nc3ccc(N4CCOCC4)cc3s2)cc1. The number of fused-ring (bicyclic) bond motifs is 1. The second-order valence-electron chi connectivity index (χ2n) is 6.64. The smallest absolute Gasteiger partial charge is 0.257 e. The van der Waals surface area contributed by atoms with Crippen LogP contribution in [0.25, 0.3) is 10.2 Å². The van der Waals surface area contributed by atoms with E-state index in [0.717, 1.165) is 48.0 Å². The van der Waals surface area contributed by atoms with Gasteiger partial charge in [-0.05, 0) is 61.6 Å². The monoisotopic (exact) mass is 442 g/mol. The second kappa shape index (κ2) is 9.38. The Bertz CT molecular complexity index is 1050. The first-order valence-electron chi connectivity index (χ1n) is 9.71. The molecule has 1 aromatic heterocycles. The summed E-state index contributed by atoms with van der Waals surface area (Å²) in [7, 11) is 0. The number of benzene rings is 2. The van der Waals surface area contributed by atoms with E-state index in [0.29, 0.717) is 17.3 Å². The molecule has 2 heterocycles. The summed E-state index contributed by atoms with van der Waals surface area (Å²) >= 11 is 6.79. The minimum Gasteiger partial charge on any atom is -0.494 e. The number of ether oxygens (including phenoxy) is 2. The number of thiazole rings is 1. The molecule has 2 aromatic carbocycles. The number of nitrogens with one attached hydrogen (secondary N) is 2. The highest BCUT2D eigenvalue weighted by molar-refractivity contribution is 7.80. The summed E-state index contributed by atoms with van der Waals surface area (Å²) in [6.07, 6.45) is 0. The van der Waals surface area contributed by atoms with Crippen molar-refractivity contribution in [1.29, 1.82) is 0 Å². The predicted molar refractivity (Wildman–Crippen MR) is 124 cm³/mol. The third kappa shape index (κ3) is 4.86. The van der Waals surface area contributed by atoms with Gasteiger partial charge in [0.05, 0.1) is 30.0 Å². The Morgan fingerprint density at radius 1 is 1.23 bits per heavy atom. The molecule has 1 aliphatic heterocycles. The molecule has 0 aliphatic carbocycles. The van der Waals surface area contributed by atoms with E-state index in [1.165, 1.54) is 11.3 Å². The summed E-state index contributed by atoms with van der Waals surface area (Å²) in [6.45, 7) is 5.76. The van der Waals surface area contributed by atoms with E-state index in [-0.39, 0.29) is 11.0 Å². The van der Waals surface area contributed by atoms with Crippen LogP contribution in [0.3, 0.4) is 0 Å². The number of hydrogen-bond acceptors (Lipinski definition) is 7. The van der Waals surface area contributed by atoms with Crippen molar-refractivity contribution in [2.24, 2.45) is 0 Å². The zero-order chi connectivity index (χ0) is 20.9. The maximum atomic E-state index is 12.4. The van der Waals surface area contributed by atoms with Crippen LogP contribution in [0.1, 0.15) is 17.3 Å². The van der Waals surface area contributed by atoms with Crippen molar-refractivity contribution in [2.75, 3.05) is 43.1 Å². The maximum Gasteiger partial charge on any atom is 0.257 e. The molecule has 7 nitrogen and oxygen atoms in total. The number of morpholine rings is 1. The van der Waals surface area contributed by atoms with Crippen molar-refractivity contribution in [2.45, 2.75) is 6.92 Å². The topological polar surface area (TPSA) is 75.7 Å². The van der Waals surface area contributed by atoms with Gasteiger partial charge in [0.25, 0.3) is 5.91 Å². The summed E-state index contributed by atoms with van der Waals surface area (Å²) in [5.74, 6) is 0.437. The van der Waals surface area contributed by atoms with Gasteiger partial charge in [0.15, 0.2) is 10.2 Å². The average Bonchev–Trinajstić information content (AvgIpc) is 3.16. The fourth-order valence-electron chi connectivity index (χ4n) is 3.16. The number of hydrogen-bond donors (Lipinski definition) is 2. The van der Waals surface area contributed by atoms with Crippen LogP contribution in [0.2, 0.25) is 0 Å². The molecular weight excluding hydrogens is 420 g/mol. The van der Waals surface area contributed by atoms with Gasteiger partial charge in [-0.3, -0.25) is 10.1 Å². The average molecular weight is 443 g/mol. The summed E-state index contributed by atoms with van der Waals surface area (Å²) in [5, 5.41) is 6.55. The van der Waals surface area contributed by atoms with E-state index in [9.17, 15) is 4.79 Å². The molecule has 30 heavy (non-hydrogen) atoms. The van der Waals surface area contributed by atoms with E-state index >= 15 is 0 Å². The molecule has 9 heteroatoms. The molecule has 0 unspecified atom stereocenters. The fourth-order valence-corrected chi connectivity index (χ4v) is 4.32. The van der Waals surface area contributed by atoms with Crippen LogP contribution in [-0.2, 0) is 4.74 Å². The first kappa shape index (κ1) is 20.5. The highest BCUT2D eigenvalue weighted by Gasteiger charge is 2.14. The summed E-state index contributed by atoms with van der Waals surface area (Å²) in [4.78, 5) is 19.3. The largest absolute Gasteiger partial charge is 0.494 e. The van der Waals surface area contributed by atoms with Crippen LogP contribution in [-0.4, -0.2) is 48.9 Å². The van der Waals surface area contributed by atoms with E-state index in [2.05, 4.69) is 32.7 Å². The van der Waals surface area contributed by atoms with Gasteiger partial charge >= 0.3 is 0 Å². The van der Waals surface area contributed by atoms with Crippen molar-refractivity contribution in [3.8, 4) is 5.75 Å². The zero-order valence-electron chi connectivity index (χ0n) is 16.5. The van der Waals surface area contributed by atoms with Gasteiger partial charge < -0.3 is 19.7 Å². The lowest BCUT2D eigenvalue weighted by Crippen LogP contribution is -2.36. The molecule has 0 bridgehead atoms. The van der Waals surface area contributed by atoms with Crippen molar-refractivity contribution >= 4 is 55.6 Å². The van der Waals surface area contributed by atoms with Crippen LogP contribution in [0, 0.1) is 0 Å². The van der Waals surface area contributed by atoms with Crippen molar-refractivity contribution in [1.82, 2.24) is 10.3 Å². The molecule has 0 saturated carbocycles. The van der Waals surface area contributed by atoms with E-state index in [1.807, 2.05) is 13.0 Å². The predicted octanol–water partition coefficient (Wildman–Crippen LogP) is 3.66. The van der Waals surface area contributed by atoms with E-state index in [4.69, 9.17) is 21.7 Å². The molecule has 0 atom stereocenters. The normalized spacial score (nSPS) is 13.8. The molecule has 0 radical (unpaired) electrons. The van der Waals surface area contributed by atoms with Gasteiger partial charge in [-0.1, -0.05) is 11.3 Å². The first-order valence-corrected chi connectivity index (χ1v) is 10.9. The minimum atomic E-state index is -0.286. The Morgan fingerprint density at radius 3 is 2.73 bits per heavy atom. The molecule has 1 fully saturated rings. The van der Waals surface area contributed by atoms with Crippen LogP contribution in [0.4, 0.5) is 10.8 Å². The zero-order valence-corrected chi connectivity index (χ0v) is 18.1. The third-order valence-electron chi connectivity index (χ3n) is 4.62. The Labute approximate surface area is 184 Å². The number of anilines is 2. The van der Waals surface area contributed by atoms with Crippen molar-refractivity contribution in [3.63, 3.8) is 0 Å². The Balaban J connectivity index is 1.39. The molecule has 3 aromatic rings. The van der Waals surface area contributed by atoms with Gasteiger partial charge in [-0.15, -0.1) is 0 Å². The second-order valence-corrected chi connectivity index (χ2v) is 8.08. The Morgan fingerprint density at radius 2 is 2.00 bits per heavy atom. The van der Waals surface area contributed by atoms with Crippen LogP contribution in [0.15, 0.2) is 42.5 Å². The lowest BCUT2D eigenvalue weighted by molar-refractivity contribution is 0.0977. The highest BCUT2D eigenvalue weighted by atomic mass is 32.1. The maximum absolute atomic E-state index is 12.4. The van der Waals surface area contributed by atoms with Crippen molar-refractivity contribution in [3.05, 3.63) is 48.0 Å². The summed E-state index contributed by atoms with van der Waals surface area (Å²) in [6, 6.07) is 13.1. The third-order valence-corrected chi connectivity index (χ3v) is 5.76. The van der Waals surface area contributed by atoms with Crippen molar-refractivity contribution < 1.29 is 14.3 Å². The van der Waals surface area contributed by atoms with Gasteiger partial charge in [0.1, 0.15) is 5.75 Å². The van der Waals surface area contributed by atoms with Gasteiger partial charge in [-0.25, -0.2) is 4.98 Å². The lowest BCUT2D eigenvalue weighted by atomic mass is 10.2. The fraction of sp³-hybridized carbons (Fsp3) is 0.286. The number of carbonyl (C=O) groups is 1. The summed E-state index contributed by atoms with van der Waals surface area (Å²) < 4.78 is 11.9. The molecule has 1 amide bonds. The molecule has 0 spiro atoms.